The molecule has 1 unspecified atom stereocenters. The molecule has 102 valence electrons. The molecule has 0 aromatic heterocycles. The van der Waals surface area contributed by atoms with Crippen molar-refractivity contribution in [3.05, 3.63) is 35.9 Å². The number of hydrogen-bond donors (Lipinski definition) is 1. The minimum Gasteiger partial charge on any atom is -0.342 e. The number of benzene rings is 1. The van der Waals surface area contributed by atoms with E-state index in [1.807, 2.05) is 37.3 Å². The maximum absolute atomic E-state index is 12.5. The van der Waals surface area contributed by atoms with E-state index in [4.69, 9.17) is 0 Å². The van der Waals surface area contributed by atoms with Gasteiger partial charge in [-0.15, -0.1) is 0 Å². The number of carbonyl (C=O) groups is 2. The Labute approximate surface area is 113 Å². The van der Waals surface area contributed by atoms with E-state index in [1.165, 1.54) is 0 Å². The molecular weight excluding hydrogens is 240 g/mol. The Bertz CT molecular complexity index is 482. The van der Waals surface area contributed by atoms with E-state index in [0.29, 0.717) is 13.0 Å². The van der Waals surface area contributed by atoms with E-state index < -0.39 is 5.54 Å². The minimum atomic E-state index is -0.837. The fourth-order valence-electron chi connectivity index (χ4n) is 2.43. The molecule has 1 atom stereocenters. The number of rotatable bonds is 2. The standard InChI is InChI=1S/C15H20N2O2/c1-11(12-7-5-4-6-8-12)17-10-9-13(18)16-15(2,3)14(17)19/h4-8,11H,9-10H2,1-3H3,(H,16,18). The molecule has 1 aromatic carbocycles. The third kappa shape index (κ3) is 2.78. The Balaban J connectivity index is 2.28. The Morgan fingerprint density at radius 1 is 1.21 bits per heavy atom. The van der Waals surface area contributed by atoms with Gasteiger partial charge < -0.3 is 10.2 Å². The molecular formula is C15H20N2O2. The molecule has 0 bridgehead atoms. The van der Waals surface area contributed by atoms with Crippen LogP contribution in [-0.4, -0.2) is 28.8 Å². The van der Waals surface area contributed by atoms with E-state index in [1.54, 1.807) is 18.7 Å². The van der Waals surface area contributed by atoms with Crippen LogP contribution in [0.1, 0.15) is 38.8 Å². The summed E-state index contributed by atoms with van der Waals surface area (Å²) in [6.07, 6.45) is 0.354. The Morgan fingerprint density at radius 3 is 2.47 bits per heavy atom. The van der Waals surface area contributed by atoms with E-state index in [-0.39, 0.29) is 17.9 Å². The van der Waals surface area contributed by atoms with Crippen molar-refractivity contribution in [3.8, 4) is 0 Å². The lowest BCUT2D eigenvalue weighted by Gasteiger charge is -2.33. The van der Waals surface area contributed by atoms with Gasteiger partial charge in [-0.05, 0) is 26.3 Å². The van der Waals surface area contributed by atoms with Crippen molar-refractivity contribution in [2.75, 3.05) is 6.54 Å². The van der Waals surface area contributed by atoms with Crippen molar-refractivity contribution in [3.63, 3.8) is 0 Å². The van der Waals surface area contributed by atoms with Crippen LogP contribution in [0, 0.1) is 0 Å². The van der Waals surface area contributed by atoms with Crippen LogP contribution in [0.25, 0.3) is 0 Å². The van der Waals surface area contributed by atoms with Crippen molar-refractivity contribution in [1.29, 1.82) is 0 Å². The van der Waals surface area contributed by atoms with E-state index in [9.17, 15) is 9.59 Å². The van der Waals surface area contributed by atoms with Gasteiger partial charge in [-0.2, -0.15) is 0 Å². The summed E-state index contributed by atoms with van der Waals surface area (Å²) >= 11 is 0. The second kappa shape index (κ2) is 5.03. The molecule has 1 aliphatic heterocycles. The summed E-state index contributed by atoms with van der Waals surface area (Å²) in [5.41, 5.74) is 0.248. The first-order chi connectivity index (χ1) is 8.92. The highest BCUT2D eigenvalue weighted by Gasteiger charge is 2.38. The second-order valence-electron chi connectivity index (χ2n) is 5.51. The molecule has 2 amide bonds. The number of amides is 2. The first-order valence-electron chi connectivity index (χ1n) is 6.59. The molecule has 1 fully saturated rings. The van der Waals surface area contributed by atoms with Gasteiger partial charge in [-0.25, -0.2) is 0 Å². The quantitative estimate of drug-likeness (QED) is 0.882. The average Bonchev–Trinajstić information content (AvgIpc) is 2.47. The largest absolute Gasteiger partial charge is 0.342 e. The highest BCUT2D eigenvalue weighted by molar-refractivity contribution is 5.93. The lowest BCUT2D eigenvalue weighted by molar-refractivity contribution is -0.139. The summed E-state index contributed by atoms with van der Waals surface area (Å²) in [6.45, 7) is 5.97. The maximum atomic E-state index is 12.5. The zero-order chi connectivity index (χ0) is 14.0. The summed E-state index contributed by atoms with van der Waals surface area (Å²) in [5.74, 6) is -0.101. The van der Waals surface area contributed by atoms with E-state index in [0.717, 1.165) is 5.56 Å². The monoisotopic (exact) mass is 260 g/mol. The molecule has 0 saturated carbocycles. The second-order valence-corrected chi connectivity index (χ2v) is 5.51. The van der Waals surface area contributed by atoms with Gasteiger partial charge in [0.25, 0.3) is 0 Å². The summed E-state index contributed by atoms with van der Waals surface area (Å²) in [6, 6.07) is 9.86. The first-order valence-corrected chi connectivity index (χ1v) is 6.59. The molecule has 1 N–H and O–H groups in total. The molecule has 4 heteroatoms. The third-order valence-electron chi connectivity index (χ3n) is 3.58. The van der Waals surface area contributed by atoms with Crippen LogP contribution in [0.3, 0.4) is 0 Å². The highest BCUT2D eigenvalue weighted by atomic mass is 16.2. The fraction of sp³-hybridized carbons (Fsp3) is 0.467. The average molecular weight is 260 g/mol. The molecule has 1 aromatic rings. The van der Waals surface area contributed by atoms with Crippen molar-refractivity contribution in [2.24, 2.45) is 0 Å². The molecule has 4 nitrogen and oxygen atoms in total. The Kier molecular flexibility index (Phi) is 3.60. The summed E-state index contributed by atoms with van der Waals surface area (Å²) in [7, 11) is 0. The zero-order valence-corrected chi connectivity index (χ0v) is 11.6. The Morgan fingerprint density at radius 2 is 1.84 bits per heavy atom. The number of hydrogen-bond acceptors (Lipinski definition) is 2. The van der Waals surface area contributed by atoms with Crippen LogP contribution in [0.2, 0.25) is 0 Å². The van der Waals surface area contributed by atoms with Crippen molar-refractivity contribution in [1.82, 2.24) is 10.2 Å². The number of carbonyl (C=O) groups excluding carboxylic acids is 2. The summed E-state index contributed by atoms with van der Waals surface area (Å²) < 4.78 is 0. The molecule has 0 spiro atoms. The normalized spacial score (nSPS) is 20.7. The Hall–Kier alpha value is -1.84. The van der Waals surface area contributed by atoms with Gasteiger partial charge in [0.1, 0.15) is 5.54 Å². The first kappa shape index (κ1) is 13.6. The number of nitrogens with zero attached hydrogens (tertiary/aromatic N) is 1. The molecule has 19 heavy (non-hydrogen) atoms. The van der Waals surface area contributed by atoms with Crippen LogP contribution < -0.4 is 5.32 Å². The van der Waals surface area contributed by atoms with Crippen molar-refractivity contribution < 1.29 is 9.59 Å². The minimum absolute atomic E-state index is 0.0272. The lowest BCUT2D eigenvalue weighted by atomic mass is 10.0. The van der Waals surface area contributed by atoms with Crippen molar-refractivity contribution in [2.45, 2.75) is 38.8 Å². The van der Waals surface area contributed by atoms with Gasteiger partial charge in [-0.1, -0.05) is 30.3 Å². The van der Waals surface area contributed by atoms with Gasteiger partial charge in [0.2, 0.25) is 11.8 Å². The van der Waals surface area contributed by atoms with Gasteiger partial charge >= 0.3 is 0 Å². The predicted octanol–water partition coefficient (Wildman–Crippen LogP) is 1.87. The van der Waals surface area contributed by atoms with E-state index in [2.05, 4.69) is 5.32 Å². The summed E-state index contributed by atoms with van der Waals surface area (Å²) in [5, 5.41) is 2.77. The molecule has 1 saturated heterocycles. The van der Waals surface area contributed by atoms with Crippen LogP contribution in [-0.2, 0) is 9.59 Å². The molecule has 2 rings (SSSR count). The number of nitrogens with one attached hydrogen (secondary N) is 1. The smallest absolute Gasteiger partial charge is 0.248 e. The molecule has 0 radical (unpaired) electrons. The predicted molar refractivity (Wildman–Crippen MR) is 73.4 cm³/mol. The molecule has 0 aliphatic carbocycles. The van der Waals surface area contributed by atoms with Gasteiger partial charge in [-0.3, -0.25) is 9.59 Å². The van der Waals surface area contributed by atoms with Gasteiger partial charge in [0.05, 0.1) is 6.04 Å². The van der Waals surface area contributed by atoms with Crippen LogP contribution >= 0.6 is 0 Å². The SMILES string of the molecule is CC(c1ccccc1)N1CCC(=O)NC(C)(C)C1=O. The van der Waals surface area contributed by atoms with Crippen molar-refractivity contribution >= 4 is 11.8 Å². The molecule has 1 aliphatic rings. The van der Waals surface area contributed by atoms with Gasteiger partial charge in [0.15, 0.2) is 0 Å². The highest BCUT2D eigenvalue weighted by Crippen LogP contribution is 2.25. The van der Waals surface area contributed by atoms with Gasteiger partial charge in [0, 0.05) is 13.0 Å². The molecule has 1 heterocycles. The fourth-order valence-corrected chi connectivity index (χ4v) is 2.43. The van der Waals surface area contributed by atoms with Crippen LogP contribution in [0.5, 0.6) is 0 Å². The third-order valence-corrected chi connectivity index (χ3v) is 3.58. The van der Waals surface area contributed by atoms with E-state index >= 15 is 0 Å². The zero-order valence-electron chi connectivity index (χ0n) is 11.6. The van der Waals surface area contributed by atoms with Crippen LogP contribution in [0.4, 0.5) is 0 Å². The lowest BCUT2D eigenvalue weighted by Crippen LogP contribution is -2.53. The topological polar surface area (TPSA) is 49.4 Å². The van der Waals surface area contributed by atoms with Crippen LogP contribution in [0.15, 0.2) is 30.3 Å². The maximum Gasteiger partial charge on any atom is 0.248 e. The summed E-state index contributed by atoms with van der Waals surface area (Å²) in [4.78, 5) is 26.0.